The molecule has 2 aromatic heterocycles. The van der Waals surface area contributed by atoms with E-state index in [4.69, 9.17) is 9.26 Å². The lowest BCUT2D eigenvalue weighted by Gasteiger charge is -2.08. The van der Waals surface area contributed by atoms with Gasteiger partial charge in [0.2, 0.25) is 17.6 Å². The number of nitrogens with zero attached hydrogens (tertiary/aromatic N) is 2. The summed E-state index contributed by atoms with van der Waals surface area (Å²) in [5.74, 6) is -0.869. The number of carbonyl (C=O) groups excluding carboxylic acids is 3. The van der Waals surface area contributed by atoms with Gasteiger partial charge in [0.05, 0.1) is 12.1 Å². The monoisotopic (exact) mass is 415 g/mol. The van der Waals surface area contributed by atoms with E-state index in [1.54, 1.807) is 0 Å². The fraction of sp³-hybridized carbons (Fsp3) is 0.211. The molecule has 150 valence electrons. The van der Waals surface area contributed by atoms with Crippen LogP contribution < -0.4 is 5.32 Å². The van der Waals surface area contributed by atoms with Gasteiger partial charge in [-0.25, -0.2) is 0 Å². The second-order valence-corrected chi connectivity index (χ2v) is 6.80. The van der Waals surface area contributed by atoms with Gasteiger partial charge in [0.15, 0.2) is 12.4 Å². The van der Waals surface area contributed by atoms with E-state index in [1.165, 1.54) is 36.5 Å². The van der Waals surface area contributed by atoms with Gasteiger partial charge in [0, 0.05) is 29.9 Å². The van der Waals surface area contributed by atoms with E-state index in [0.29, 0.717) is 11.7 Å². The van der Waals surface area contributed by atoms with Crippen molar-refractivity contribution in [1.82, 2.24) is 10.1 Å². The molecule has 0 bridgehead atoms. The summed E-state index contributed by atoms with van der Waals surface area (Å²) in [6, 6.07) is 5.83. The molecule has 2 heterocycles. The van der Waals surface area contributed by atoms with Crippen molar-refractivity contribution in [3.63, 3.8) is 0 Å². The van der Waals surface area contributed by atoms with Gasteiger partial charge in [-0.1, -0.05) is 5.16 Å². The largest absolute Gasteiger partial charge is 0.506 e. The Morgan fingerprint density at radius 1 is 1.28 bits per heavy atom. The first-order valence-corrected chi connectivity index (χ1v) is 9.51. The highest BCUT2D eigenvalue weighted by atomic mass is 32.1. The van der Waals surface area contributed by atoms with Gasteiger partial charge < -0.3 is 19.7 Å². The lowest BCUT2D eigenvalue weighted by Crippen LogP contribution is -2.15. The number of phenols is 1. The Labute approximate surface area is 169 Å². The standard InChI is InChI=1S/C19H17N3O6S/c1-11(23)20-14-8-12(2-3-15(14)24)16(25)9-27-18(26)5-4-17-21-19(22-28-17)13-6-7-29-10-13/h2-3,6-8,10,24H,4-5,9H2,1H3,(H,20,23). The van der Waals surface area contributed by atoms with Crippen LogP contribution in [-0.4, -0.2) is 39.5 Å². The maximum Gasteiger partial charge on any atom is 0.306 e. The first-order chi connectivity index (χ1) is 13.9. The average Bonchev–Trinajstić information content (AvgIpc) is 3.37. The summed E-state index contributed by atoms with van der Waals surface area (Å²) in [5.41, 5.74) is 1.13. The molecule has 0 radical (unpaired) electrons. The highest BCUT2D eigenvalue weighted by Crippen LogP contribution is 2.24. The van der Waals surface area contributed by atoms with Crippen molar-refractivity contribution in [3.8, 4) is 17.1 Å². The molecule has 0 saturated carbocycles. The van der Waals surface area contributed by atoms with Crippen LogP contribution in [0, 0.1) is 0 Å². The summed E-state index contributed by atoms with van der Waals surface area (Å²) in [4.78, 5) is 39.4. The minimum Gasteiger partial charge on any atom is -0.506 e. The topological polar surface area (TPSA) is 132 Å². The number of aromatic nitrogens is 2. The Hall–Kier alpha value is -3.53. The van der Waals surface area contributed by atoms with Crippen molar-refractivity contribution >= 4 is 34.7 Å². The molecular weight excluding hydrogens is 398 g/mol. The lowest BCUT2D eigenvalue weighted by atomic mass is 10.1. The number of anilines is 1. The number of nitrogens with one attached hydrogen (secondary N) is 1. The summed E-state index contributed by atoms with van der Waals surface area (Å²) in [6.07, 6.45) is 0.168. The number of aromatic hydroxyl groups is 1. The fourth-order valence-electron chi connectivity index (χ4n) is 2.38. The van der Waals surface area contributed by atoms with Crippen molar-refractivity contribution in [2.75, 3.05) is 11.9 Å². The lowest BCUT2D eigenvalue weighted by molar-refractivity contribution is -0.142. The Morgan fingerprint density at radius 3 is 2.83 bits per heavy atom. The third kappa shape index (κ3) is 5.48. The minimum absolute atomic E-state index is 0.0225. The average molecular weight is 415 g/mol. The van der Waals surface area contributed by atoms with Crippen molar-refractivity contribution in [1.29, 1.82) is 0 Å². The molecule has 0 atom stereocenters. The zero-order valence-corrected chi connectivity index (χ0v) is 16.2. The SMILES string of the molecule is CC(=O)Nc1cc(C(=O)COC(=O)CCc2nc(-c3ccsc3)no2)ccc1O. The van der Waals surface area contributed by atoms with Crippen LogP contribution in [0.15, 0.2) is 39.5 Å². The van der Waals surface area contributed by atoms with E-state index in [9.17, 15) is 19.5 Å². The predicted octanol–water partition coefficient (Wildman–Crippen LogP) is 2.82. The molecule has 0 aliphatic rings. The normalized spacial score (nSPS) is 10.5. The van der Waals surface area contributed by atoms with E-state index in [-0.39, 0.29) is 35.7 Å². The number of Topliss-reactive ketones (excluding diaryl/α,β-unsaturated/α-hetero) is 1. The first kappa shape index (κ1) is 20.2. The van der Waals surface area contributed by atoms with Crippen molar-refractivity contribution in [2.45, 2.75) is 19.8 Å². The first-order valence-electron chi connectivity index (χ1n) is 8.57. The Balaban J connectivity index is 1.49. The number of hydrogen-bond acceptors (Lipinski definition) is 9. The molecule has 29 heavy (non-hydrogen) atoms. The molecule has 0 spiro atoms. The van der Waals surface area contributed by atoms with Gasteiger partial charge in [-0.05, 0) is 29.6 Å². The van der Waals surface area contributed by atoms with E-state index in [0.717, 1.165) is 5.56 Å². The van der Waals surface area contributed by atoms with Gasteiger partial charge in [0.25, 0.3) is 0 Å². The quantitative estimate of drug-likeness (QED) is 0.326. The molecule has 1 amide bonds. The molecule has 2 N–H and O–H groups in total. The number of ether oxygens (including phenoxy) is 1. The van der Waals surface area contributed by atoms with Crippen molar-refractivity contribution in [3.05, 3.63) is 46.5 Å². The van der Waals surface area contributed by atoms with Crippen LogP contribution in [0.1, 0.15) is 29.6 Å². The Morgan fingerprint density at radius 2 is 2.10 bits per heavy atom. The van der Waals surface area contributed by atoms with Gasteiger partial charge in [-0.3, -0.25) is 14.4 Å². The summed E-state index contributed by atoms with van der Waals surface area (Å²) in [7, 11) is 0. The third-order valence-corrected chi connectivity index (χ3v) is 4.47. The number of aryl methyl sites for hydroxylation is 1. The van der Waals surface area contributed by atoms with Crippen LogP contribution in [-0.2, 0) is 20.7 Å². The molecule has 9 nitrogen and oxygen atoms in total. The summed E-state index contributed by atoms with van der Waals surface area (Å²) in [5, 5.41) is 19.7. The van der Waals surface area contributed by atoms with Crippen molar-refractivity contribution < 1.29 is 28.8 Å². The van der Waals surface area contributed by atoms with Crippen LogP contribution >= 0.6 is 11.3 Å². The number of benzene rings is 1. The van der Waals surface area contributed by atoms with E-state index < -0.39 is 18.4 Å². The van der Waals surface area contributed by atoms with E-state index in [2.05, 4.69) is 15.5 Å². The van der Waals surface area contributed by atoms with Gasteiger partial charge in [-0.15, -0.1) is 0 Å². The van der Waals surface area contributed by atoms with Crippen LogP contribution in [0.2, 0.25) is 0 Å². The summed E-state index contributed by atoms with van der Waals surface area (Å²) in [6.45, 7) is 0.815. The molecule has 0 saturated heterocycles. The second-order valence-electron chi connectivity index (χ2n) is 6.02. The molecule has 0 unspecified atom stereocenters. The van der Waals surface area contributed by atoms with Gasteiger partial charge >= 0.3 is 5.97 Å². The molecule has 3 rings (SSSR count). The summed E-state index contributed by atoms with van der Waals surface area (Å²) >= 11 is 1.51. The van der Waals surface area contributed by atoms with Crippen LogP contribution in [0.3, 0.4) is 0 Å². The minimum atomic E-state index is -0.588. The maximum atomic E-state index is 12.2. The summed E-state index contributed by atoms with van der Waals surface area (Å²) < 4.78 is 10.1. The highest BCUT2D eigenvalue weighted by molar-refractivity contribution is 7.08. The number of thiophene rings is 1. The highest BCUT2D eigenvalue weighted by Gasteiger charge is 2.15. The van der Waals surface area contributed by atoms with Gasteiger partial charge in [-0.2, -0.15) is 16.3 Å². The van der Waals surface area contributed by atoms with Crippen LogP contribution in [0.5, 0.6) is 5.75 Å². The number of rotatable bonds is 8. The second kappa shape index (κ2) is 9.11. The molecule has 0 fully saturated rings. The van der Waals surface area contributed by atoms with E-state index in [1.807, 2.05) is 16.8 Å². The number of esters is 1. The van der Waals surface area contributed by atoms with Crippen LogP contribution in [0.25, 0.3) is 11.4 Å². The number of phenolic OH excluding ortho intramolecular Hbond substituents is 1. The van der Waals surface area contributed by atoms with E-state index >= 15 is 0 Å². The third-order valence-electron chi connectivity index (χ3n) is 3.78. The number of amides is 1. The maximum absolute atomic E-state index is 12.2. The zero-order valence-electron chi connectivity index (χ0n) is 15.4. The molecule has 1 aromatic carbocycles. The number of ketones is 1. The smallest absolute Gasteiger partial charge is 0.306 e. The molecular formula is C19H17N3O6S. The molecule has 0 aliphatic carbocycles. The Bertz CT molecular complexity index is 1030. The zero-order chi connectivity index (χ0) is 20.8. The number of carbonyl (C=O) groups is 3. The molecule has 0 aliphatic heterocycles. The molecule has 10 heteroatoms. The fourth-order valence-corrected chi connectivity index (χ4v) is 3.01. The molecule has 3 aromatic rings. The van der Waals surface area contributed by atoms with Crippen LogP contribution in [0.4, 0.5) is 5.69 Å². The Kier molecular flexibility index (Phi) is 6.35. The predicted molar refractivity (Wildman–Crippen MR) is 104 cm³/mol. The van der Waals surface area contributed by atoms with Crippen molar-refractivity contribution in [2.24, 2.45) is 0 Å². The number of hydrogen-bond donors (Lipinski definition) is 2. The van der Waals surface area contributed by atoms with Gasteiger partial charge in [0.1, 0.15) is 5.75 Å².